The first kappa shape index (κ1) is 13.5. The third-order valence-corrected chi connectivity index (χ3v) is 2.49. The Hall–Kier alpha value is -0.530. The maximum absolute atomic E-state index is 11.9. The molecule has 0 rings (SSSR count). The highest BCUT2D eigenvalue weighted by Crippen LogP contribution is 2.20. The standard InChI is InChI=1S/C12H25NO/c1-7-9-11(14)13(10(3)8-2)12(4,5)6/h10H,7-9H2,1-6H3. The second-order valence-electron chi connectivity index (χ2n) is 4.94. The molecule has 1 atom stereocenters. The van der Waals surface area contributed by atoms with Crippen LogP contribution >= 0.6 is 0 Å². The van der Waals surface area contributed by atoms with E-state index in [2.05, 4.69) is 41.5 Å². The van der Waals surface area contributed by atoms with Crippen molar-refractivity contribution in [1.82, 2.24) is 4.90 Å². The lowest BCUT2D eigenvalue weighted by atomic mass is 10.0. The van der Waals surface area contributed by atoms with Crippen molar-refractivity contribution in [2.24, 2.45) is 0 Å². The van der Waals surface area contributed by atoms with Crippen LogP contribution in [0.2, 0.25) is 0 Å². The molecule has 14 heavy (non-hydrogen) atoms. The molecular formula is C12H25NO. The molecule has 0 bridgehead atoms. The van der Waals surface area contributed by atoms with E-state index in [1.54, 1.807) is 0 Å². The summed E-state index contributed by atoms with van der Waals surface area (Å²) in [6.45, 7) is 12.6. The summed E-state index contributed by atoms with van der Waals surface area (Å²) in [5.41, 5.74) is -0.0539. The topological polar surface area (TPSA) is 20.3 Å². The van der Waals surface area contributed by atoms with Gasteiger partial charge in [0.25, 0.3) is 0 Å². The van der Waals surface area contributed by atoms with Gasteiger partial charge in [-0.1, -0.05) is 13.8 Å². The average Bonchev–Trinajstić information content (AvgIpc) is 2.02. The van der Waals surface area contributed by atoms with Gasteiger partial charge in [-0.05, 0) is 40.5 Å². The van der Waals surface area contributed by atoms with Crippen molar-refractivity contribution in [3.05, 3.63) is 0 Å². The molecule has 2 heteroatoms. The van der Waals surface area contributed by atoms with Gasteiger partial charge in [-0.3, -0.25) is 4.79 Å². The molecule has 0 aromatic rings. The number of nitrogens with zero attached hydrogens (tertiary/aromatic N) is 1. The van der Waals surface area contributed by atoms with Crippen LogP contribution in [0.15, 0.2) is 0 Å². The van der Waals surface area contributed by atoms with Gasteiger partial charge in [-0.25, -0.2) is 0 Å². The lowest BCUT2D eigenvalue weighted by Crippen LogP contribution is -2.50. The average molecular weight is 199 g/mol. The molecule has 1 unspecified atom stereocenters. The molecule has 0 saturated heterocycles. The van der Waals surface area contributed by atoms with Crippen LogP contribution in [0.25, 0.3) is 0 Å². The van der Waals surface area contributed by atoms with Crippen molar-refractivity contribution in [3.63, 3.8) is 0 Å². The second kappa shape index (κ2) is 5.38. The van der Waals surface area contributed by atoms with Gasteiger partial charge >= 0.3 is 0 Å². The normalized spacial score (nSPS) is 13.9. The fourth-order valence-electron chi connectivity index (χ4n) is 1.80. The van der Waals surface area contributed by atoms with Crippen LogP contribution in [-0.2, 0) is 4.79 Å². The van der Waals surface area contributed by atoms with Crippen LogP contribution < -0.4 is 0 Å². The van der Waals surface area contributed by atoms with Gasteiger partial charge in [0.2, 0.25) is 5.91 Å². The highest BCUT2D eigenvalue weighted by molar-refractivity contribution is 5.77. The van der Waals surface area contributed by atoms with E-state index in [9.17, 15) is 4.79 Å². The molecule has 0 aliphatic rings. The number of hydrogen-bond donors (Lipinski definition) is 0. The van der Waals surface area contributed by atoms with Gasteiger partial charge in [0.1, 0.15) is 0 Å². The van der Waals surface area contributed by atoms with Gasteiger partial charge < -0.3 is 4.90 Å². The van der Waals surface area contributed by atoms with E-state index in [1.807, 2.05) is 4.90 Å². The third-order valence-electron chi connectivity index (χ3n) is 2.49. The fraction of sp³-hybridized carbons (Fsp3) is 0.917. The molecule has 0 spiro atoms. The Labute approximate surface area is 88.7 Å². The predicted octanol–water partition coefficient (Wildman–Crippen LogP) is 3.21. The zero-order chi connectivity index (χ0) is 11.4. The van der Waals surface area contributed by atoms with Crippen LogP contribution in [0.4, 0.5) is 0 Å². The van der Waals surface area contributed by atoms with Gasteiger partial charge in [0.15, 0.2) is 0 Å². The van der Waals surface area contributed by atoms with E-state index in [1.165, 1.54) is 0 Å². The largest absolute Gasteiger partial charge is 0.335 e. The monoisotopic (exact) mass is 199 g/mol. The van der Waals surface area contributed by atoms with E-state index in [4.69, 9.17) is 0 Å². The van der Waals surface area contributed by atoms with Crippen LogP contribution in [0.5, 0.6) is 0 Å². The first-order valence-electron chi connectivity index (χ1n) is 5.66. The number of hydrogen-bond acceptors (Lipinski definition) is 1. The van der Waals surface area contributed by atoms with E-state index < -0.39 is 0 Å². The molecule has 0 heterocycles. The molecule has 0 aromatic carbocycles. The molecule has 1 amide bonds. The summed E-state index contributed by atoms with van der Waals surface area (Å²) >= 11 is 0. The van der Waals surface area contributed by atoms with Crippen LogP contribution in [0.1, 0.15) is 60.8 Å². The molecule has 0 radical (unpaired) electrons. The maximum atomic E-state index is 11.9. The molecule has 0 saturated carbocycles. The SMILES string of the molecule is CCCC(=O)N(C(C)CC)C(C)(C)C. The Morgan fingerprint density at radius 3 is 2.07 bits per heavy atom. The first-order chi connectivity index (χ1) is 6.34. The smallest absolute Gasteiger partial charge is 0.223 e. The zero-order valence-electron chi connectivity index (χ0n) is 10.6. The minimum atomic E-state index is -0.0539. The minimum absolute atomic E-state index is 0.0539. The quantitative estimate of drug-likeness (QED) is 0.681. The van der Waals surface area contributed by atoms with E-state index in [-0.39, 0.29) is 11.4 Å². The van der Waals surface area contributed by atoms with Crippen molar-refractivity contribution in [2.75, 3.05) is 0 Å². The zero-order valence-corrected chi connectivity index (χ0v) is 10.6. The molecule has 0 aliphatic carbocycles. The van der Waals surface area contributed by atoms with Gasteiger partial charge in [0.05, 0.1) is 0 Å². The highest BCUT2D eigenvalue weighted by Gasteiger charge is 2.28. The summed E-state index contributed by atoms with van der Waals surface area (Å²) in [4.78, 5) is 13.9. The van der Waals surface area contributed by atoms with E-state index >= 15 is 0 Å². The Bertz CT molecular complexity index is 181. The van der Waals surface area contributed by atoms with Gasteiger partial charge in [-0.2, -0.15) is 0 Å². The maximum Gasteiger partial charge on any atom is 0.223 e. The summed E-state index contributed by atoms with van der Waals surface area (Å²) in [7, 11) is 0. The van der Waals surface area contributed by atoms with Crippen molar-refractivity contribution >= 4 is 5.91 Å². The van der Waals surface area contributed by atoms with E-state index in [0.29, 0.717) is 12.5 Å². The molecule has 0 fully saturated rings. The van der Waals surface area contributed by atoms with Crippen LogP contribution in [-0.4, -0.2) is 22.4 Å². The van der Waals surface area contributed by atoms with Gasteiger partial charge in [-0.15, -0.1) is 0 Å². The summed E-state index contributed by atoms with van der Waals surface area (Å²) in [5.74, 6) is 0.286. The molecule has 2 nitrogen and oxygen atoms in total. The van der Waals surface area contributed by atoms with Crippen LogP contribution in [0.3, 0.4) is 0 Å². The predicted molar refractivity (Wildman–Crippen MR) is 61.3 cm³/mol. The number of rotatable bonds is 4. The molecule has 0 N–H and O–H groups in total. The summed E-state index contributed by atoms with van der Waals surface area (Å²) in [6, 6.07) is 0.342. The lowest BCUT2D eigenvalue weighted by molar-refractivity contribution is -0.138. The Morgan fingerprint density at radius 2 is 1.79 bits per heavy atom. The van der Waals surface area contributed by atoms with Crippen molar-refractivity contribution in [2.45, 2.75) is 72.4 Å². The molecular weight excluding hydrogens is 174 g/mol. The fourth-order valence-corrected chi connectivity index (χ4v) is 1.80. The molecule has 84 valence electrons. The van der Waals surface area contributed by atoms with Crippen molar-refractivity contribution in [3.8, 4) is 0 Å². The van der Waals surface area contributed by atoms with Crippen molar-refractivity contribution in [1.29, 1.82) is 0 Å². The van der Waals surface area contributed by atoms with Crippen LogP contribution in [0, 0.1) is 0 Å². The Balaban J connectivity index is 4.64. The summed E-state index contributed by atoms with van der Waals surface area (Å²) in [6.07, 6.45) is 2.62. The number of carbonyl (C=O) groups is 1. The number of amides is 1. The van der Waals surface area contributed by atoms with Crippen molar-refractivity contribution < 1.29 is 4.79 Å². The summed E-state index contributed by atoms with van der Waals surface area (Å²) in [5, 5.41) is 0. The van der Waals surface area contributed by atoms with E-state index in [0.717, 1.165) is 12.8 Å². The highest BCUT2D eigenvalue weighted by atomic mass is 16.2. The molecule has 0 aliphatic heterocycles. The summed E-state index contributed by atoms with van der Waals surface area (Å²) < 4.78 is 0. The Kier molecular flexibility index (Phi) is 5.17. The minimum Gasteiger partial charge on any atom is -0.335 e. The lowest BCUT2D eigenvalue weighted by Gasteiger charge is -2.40. The number of carbonyl (C=O) groups excluding carboxylic acids is 1. The third kappa shape index (κ3) is 3.69. The second-order valence-corrected chi connectivity index (χ2v) is 4.94. The molecule has 0 aromatic heterocycles. The first-order valence-corrected chi connectivity index (χ1v) is 5.66. The Morgan fingerprint density at radius 1 is 1.29 bits per heavy atom. The van der Waals surface area contributed by atoms with Gasteiger partial charge in [0, 0.05) is 18.0 Å².